The van der Waals surface area contributed by atoms with Gasteiger partial charge in [-0.25, -0.2) is 9.48 Å². The topological polar surface area (TPSA) is 85.2 Å². The van der Waals surface area contributed by atoms with Gasteiger partial charge in [0.05, 0.1) is 11.2 Å². The number of nitrogens with zero attached hydrogens (tertiary/aromatic N) is 2. The van der Waals surface area contributed by atoms with Crippen LogP contribution in [0.15, 0.2) is 6.07 Å². The highest BCUT2D eigenvalue weighted by molar-refractivity contribution is 5.90. The number of rotatable bonds is 5. The van der Waals surface area contributed by atoms with Gasteiger partial charge in [0.1, 0.15) is 11.4 Å². The number of carbonyl (C=O) groups is 2. The summed E-state index contributed by atoms with van der Waals surface area (Å²) in [6, 6.07) is 1.93. The highest BCUT2D eigenvalue weighted by atomic mass is 16.6. The molecule has 0 spiro atoms. The summed E-state index contributed by atoms with van der Waals surface area (Å²) >= 11 is 0. The SMILES string of the molecule is CC(C)(C)OC(=O)NCCCC(=O)Nc1cc(C(C)(C)C)nn1C(C)(C)C. The molecule has 0 fully saturated rings. The lowest BCUT2D eigenvalue weighted by molar-refractivity contribution is -0.116. The molecule has 0 aliphatic rings. The molecular formula is C20H36N4O3. The van der Waals surface area contributed by atoms with Gasteiger partial charge in [-0.1, -0.05) is 20.8 Å². The Hall–Kier alpha value is -2.05. The molecule has 0 atom stereocenters. The van der Waals surface area contributed by atoms with Gasteiger partial charge in [-0.2, -0.15) is 5.10 Å². The molecule has 27 heavy (non-hydrogen) atoms. The Morgan fingerprint density at radius 3 is 2.15 bits per heavy atom. The van der Waals surface area contributed by atoms with Crippen LogP contribution in [0.1, 0.15) is 80.8 Å². The summed E-state index contributed by atoms with van der Waals surface area (Å²) in [7, 11) is 0. The summed E-state index contributed by atoms with van der Waals surface area (Å²) in [6.45, 7) is 18.2. The fraction of sp³-hybridized carbons (Fsp3) is 0.750. The van der Waals surface area contributed by atoms with Crippen molar-refractivity contribution in [3.05, 3.63) is 11.8 Å². The fourth-order valence-corrected chi connectivity index (χ4v) is 2.31. The van der Waals surface area contributed by atoms with Gasteiger partial charge in [0, 0.05) is 24.4 Å². The molecule has 7 nitrogen and oxygen atoms in total. The van der Waals surface area contributed by atoms with E-state index in [1.54, 1.807) is 0 Å². The first-order valence-corrected chi connectivity index (χ1v) is 9.47. The van der Waals surface area contributed by atoms with Gasteiger partial charge in [-0.05, 0) is 48.0 Å². The first-order chi connectivity index (χ1) is 12.1. The van der Waals surface area contributed by atoms with Gasteiger partial charge < -0.3 is 15.4 Å². The number of hydrogen-bond acceptors (Lipinski definition) is 4. The largest absolute Gasteiger partial charge is 0.444 e. The number of alkyl carbamates (subject to hydrolysis) is 1. The third-order valence-electron chi connectivity index (χ3n) is 3.63. The zero-order chi connectivity index (χ0) is 21.0. The second-order valence-electron chi connectivity index (χ2n) is 9.83. The molecule has 2 amide bonds. The van der Waals surface area contributed by atoms with Crippen LogP contribution < -0.4 is 10.6 Å². The van der Waals surface area contributed by atoms with E-state index >= 15 is 0 Å². The minimum absolute atomic E-state index is 0.104. The van der Waals surface area contributed by atoms with Crippen LogP contribution in [0.4, 0.5) is 10.6 Å². The van der Waals surface area contributed by atoms with E-state index in [4.69, 9.17) is 4.74 Å². The van der Waals surface area contributed by atoms with E-state index in [1.807, 2.05) is 52.3 Å². The molecule has 7 heteroatoms. The van der Waals surface area contributed by atoms with Crippen LogP contribution in [0.2, 0.25) is 0 Å². The normalized spacial score (nSPS) is 12.6. The number of aromatic nitrogens is 2. The zero-order valence-corrected chi connectivity index (χ0v) is 18.3. The molecule has 0 aliphatic carbocycles. The quantitative estimate of drug-likeness (QED) is 0.751. The van der Waals surface area contributed by atoms with Gasteiger partial charge in [0.2, 0.25) is 5.91 Å². The van der Waals surface area contributed by atoms with Crippen LogP contribution in [-0.4, -0.2) is 33.9 Å². The van der Waals surface area contributed by atoms with Crippen LogP contribution in [0.3, 0.4) is 0 Å². The van der Waals surface area contributed by atoms with E-state index < -0.39 is 11.7 Å². The number of anilines is 1. The van der Waals surface area contributed by atoms with Gasteiger partial charge in [-0.3, -0.25) is 4.79 Å². The molecule has 0 aliphatic heterocycles. The molecule has 154 valence electrons. The first-order valence-electron chi connectivity index (χ1n) is 9.47. The average Bonchev–Trinajstić information content (AvgIpc) is 2.85. The van der Waals surface area contributed by atoms with Crippen molar-refractivity contribution in [3.63, 3.8) is 0 Å². The Morgan fingerprint density at radius 1 is 1.07 bits per heavy atom. The van der Waals surface area contributed by atoms with E-state index in [2.05, 4.69) is 36.5 Å². The summed E-state index contributed by atoms with van der Waals surface area (Å²) in [5.41, 5.74) is 0.0502. The summed E-state index contributed by atoms with van der Waals surface area (Å²) in [5.74, 6) is 0.587. The fourth-order valence-electron chi connectivity index (χ4n) is 2.31. The molecule has 0 aromatic carbocycles. The lowest BCUT2D eigenvalue weighted by Gasteiger charge is -2.23. The number of ether oxygens (including phenoxy) is 1. The number of hydrogen-bond donors (Lipinski definition) is 2. The lowest BCUT2D eigenvalue weighted by Crippen LogP contribution is -2.33. The number of nitrogens with one attached hydrogen (secondary N) is 2. The van der Waals surface area contributed by atoms with E-state index in [9.17, 15) is 9.59 Å². The van der Waals surface area contributed by atoms with E-state index in [0.29, 0.717) is 25.2 Å². The molecule has 0 saturated heterocycles. The standard InChI is InChI=1S/C20H36N4O3/c1-18(2,3)14-13-15(24(23-14)19(4,5)6)22-16(25)11-10-12-21-17(26)27-20(7,8)9/h13H,10-12H2,1-9H3,(H,21,26)(H,22,25). The zero-order valence-electron chi connectivity index (χ0n) is 18.3. The van der Waals surface area contributed by atoms with Crippen LogP contribution in [0.25, 0.3) is 0 Å². The van der Waals surface area contributed by atoms with Crippen molar-refractivity contribution >= 4 is 17.8 Å². The number of carbonyl (C=O) groups excluding carboxylic acids is 2. The maximum Gasteiger partial charge on any atom is 0.407 e. The Labute approximate surface area is 163 Å². The predicted octanol–water partition coefficient (Wildman–Crippen LogP) is 4.18. The summed E-state index contributed by atoms with van der Waals surface area (Å²) in [4.78, 5) is 23.9. The molecule has 0 radical (unpaired) electrons. The van der Waals surface area contributed by atoms with Crippen molar-refractivity contribution in [2.24, 2.45) is 0 Å². The van der Waals surface area contributed by atoms with Crippen LogP contribution in [0.5, 0.6) is 0 Å². The third-order valence-corrected chi connectivity index (χ3v) is 3.63. The number of amides is 2. The van der Waals surface area contributed by atoms with Gasteiger partial charge >= 0.3 is 6.09 Å². The summed E-state index contributed by atoms with van der Waals surface area (Å²) in [5, 5.41) is 10.3. The van der Waals surface area contributed by atoms with Crippen LogP contribution in [0, 0.1) is 0 Å². The van der Waals surface area contributed by atoms with Gasteiger partial charge in [0.25, 0.3) is 0 Å². The van der Waals surface area contributed by atoms with Crippen molar-refractivity contribution in [2.45, 2.75) is 91.7 Å². The molecule has 1 rings (SSSR count). The lowest BCUT2D eigenvalue weighted by atomic mass is 9.92. The minimum atomic E-state index is -0.530. The molecular weight excluding hydrogens is 344 g/mol. The third kappa shape index (κ3) is 8.01. The maximum atomic E-state index is 12.3. The second kappa shape index (κ2) is 8.31. The molecule has 1 heterocycles. The summed E-state index contributed by atoms with van der Waals surface area (Å²) < 4.78 is 7.02. The molecule has 2 N–H and O–H groups in total. The highest BCUT2D eigenvalue weighted by Gasteiger charge is 2.25. The molecule has 0 bridgehead atoms. The Balaban J connectivity index is 2.62. The summed E-state index contributed by atoms with van der Waals surface area (Å²) in [6.07, 6.45) is 0.361. The van der Waals surface area contributed by atoms with Crippen molar-refractivity contribution in [2.75, 3.05) is 11.9 Å². The predicted molar refractivity (Wildman–Crippen MR) is 108 cm³/mol. The van der Waals surface area contributed by atoms with Gasteiger partial charge in [0.15, 0.2) is 0 Å². The van der Waals surface area contributed by atoms with Crippen molar-refractivity contribution in [1.82, 2.24) is 15.1 Å². The average molecular weight is 381 g/mol. The Kier molecular flexibility index (Phi) is 7.08. The highest BCUT2D eigenvalue weighted by Crippen LogP contribution is 2.28. The molecule has 0 saturated carbocycles. The van der Waals surface area contributed by atoms with Gasteiger partial charge in [-0.15, -0.1) is 0 Å². The van der Waals surface area contributed by atoms with E-state index in [-0.39, 0.29) is 16.9 Å². The van der Waals surface area contributed by atoms with Crippen molar-refractivity contribution in [3.8, 4) is 0 Å². The van der Waals surface area contributed by atoms with Crippen molar-refractivity contribution < 1.29 is 14.3 Å². The molecule has 1 aromatic heterocycles. The van der Waals surface area contributed by atoms with Crippen LogP contribution >= 0.6 is 0 Å². The molecule has 1 aromatic rings. The van der Waals surface area contributed by atoms with E-state index in [0.717, 1.165) is 5.69 Å². The van der Waals surface area contributed by atoms with Crippen LogP contribution in [-0.2, 0) is 20.5 Å². The molecule has 0 unspecified atom stereocenters. The monoisotopic (exact) mass is 380 g/mol. The smallest absolute Gasteiger partial charge is 0.407 e. The minimum Gasteiger partial charge on any atom is -0.444 e. The van der Waals surface area contributed by atoms with Crippen molar-refractivity contribution in [1.29, 1.82) is 0 Å². The Bertz CT molecular complexity index is 658. The maximum absolute atomic E-state index is 12.3. The first kappa shape index (κ1) is 23.0. The van der Waals surface area contributed by atoms with E-state index in [1.165, 1.54) is 0 Å². The Morgan fingerprint density at radius 2 is 1.67 bits per heavy atom. The second-order valence-corrected chi connectivity index (χ2v) is 9.83.